The van der Waals surface area contributed by atoms with Gasteiger partial charge in [0.25, 0.3) is 0 Å². The molecule has 1 aromatic carbocycles. The molecule has 0 unspecified atom stereocenters. The normalized spacial score (nSPS) is 22.7. The number of rotatable bonds is 5. The van der Waals surface area contributed by atoms with Gasteiger partial charge in [0, 0.05) is 38.4 Å². The molecule has 0 N–H and O–H groups in total. The molecule has 132 valence electrons. The fourth-order valence-electron chi connectivity index (χ4n) is 3.95. The Labute approximate surface area is 149 Å². The third-order valence-corrected chi connectivity index (χ3v) is 5.13. The van der Waals surface area contributed by atoms with Crippen LogP contribution in [0.4, 0.5) is 0 Å². The van der Waals surface area contributed by atoms with Crippen molar-refractivity contribution >= 4 is 0 Å². The average molecular weight is 338 g/mol. The minimum absolute atomic E-state index is 0.00225. The van der Waals surface area contributed by atoms with Crippen molar-refractivity contribution in [3.63, 3.8) is 0 Å². The van der Waals surface area contributed by atoms with Crippen LogP contribution in [-0.2, 0) is 22.6 Å². The van der Waals surface area contributed by atoms with Gasteiger partial charge in [-0.3, -0.25) is 9.88 Å². The topological polar surface area (TPSA) is 34.6 Å². The summed E-state index contributed by atoms with van der Waals surface area (Å²) in [5.41, 5.74) is 3.42. The minimum atomic E-state index is -0.00225. The molecular weight excluding hydrogens is 312 g/mol. The third kappa shape index (κ3) is 4.09. The van der Waals surface area contributed by atoms with E-state index < -0.39 is 0 Å². The van der Waals surface area contributed by atoms with Crippen molar-refractivity contribution in [3.8, 4) is 0 Å². The zero-order valence-corrected chi connectivity index (χ0v) is 14.9. The minimum Gasteiger partial charge on any atom is -0.372 e. The van der Waals surface area contributed by atoms with Crippen LogP contribution < -0.4 is 0 Å². The number of benzene rings is 1. The maximum atomic E-state index is 6.15. The predicted octanol–water partition coefficient (Wildman–Crippen LogP) is 3.34. The van der Waals surface area contributed by atoms with E-state index in [1.165, 1.54) is 5.56 Å². The molecule has 4 heteroatoms. The van der Waals surface area contributed by atoms with Crippen molar-refractivity contribution < 1.29 is 9.47 Å². The van der Waals surface area contributed by atoms with Gasteiger partial charge in [0.2, 0.25) is 0 Å². The number of nitrogens with zero attached hydrogens (tertiary/aromatic N) is 2. The van der Waals surface area contributed by atoms with Crippen LogP contribution in [0, 0.1) is 6.92 Å². The van der Waals surface area contributed by atoms with Crippen LogP contribution in [0.3, 0.4) is 0 Å². The van der Waals surface area contributed by atoms with Gasteiger partial charge in [0.1, 0.15) is 0 Å². The summed E-state index contributed by atoms with van der Waals surface area (Å²) in [5, 5.41) is 0. The highest BCUT2D eigenvalue weighted by Crippen LogP contribution is 2.36. The first-order valence-electron chi connectivity index (χ1n) is 9.15. The van der Waals surface area contributed by atoms with Gasteiger partial charge in [-0.1, -0.05) is 36.4 Å². The Hall–Kier alpha value is -1.75. The maximum Gasteiger partial charge on any atom is 0.0959 e. The molecule has 1 atom stereocenters. The molecule has 4 rings (SSSR count). The third-order valence-electron chi connectivity index (χ3n) is 5.13. The predicted molar refractivity (Wildman–Crippen MR) is 97.2 cm³/mol. The van der Waals surface area contributed by atoms with Crippen molar-refractivity contribution in [2.24, 2.45) is 0 Å². The summed E-state index contributed by atoms with van der Waals surface area (Å²) in [6, 6.07) is 16.7. The van der Waals surface area contributed by atoms with Crippen LogP contribution >= 0.6 is 0 Å². The number of ether oxygens (including phenoxy) is 2. The van der Waals surface area contributed by atoms with Crippen molar-refractivity contribution in [2.45, 2.75) is 44.6 Å². The lowest BCUT2D eigenvalue weighted by molar-refractivity contribution is -0.200. The monoisotopic (exact) mass is 338 g/mol. The fraction of sp³-hybridized carbons (Fsp3) is 0.476. The van der Waals surface area contributed by atoms with E-state index in [1.54, 1.807) is 0 Å². The first kappa shape index (κ1) is 16.7. The van der Waals surface area contributed by atoms with E-state index in [-0.39, 0.29) is 11.7 Å². The summed E-state index contributed by atoms with van der Waals surface area (Å²) < 4.78 is 12.3. The molecule has 2 aliphatic heterocycles. The fourth-order valence-corrected chi connectivity index (χ4v) is 3.95. The lowest BCUT2D eigenvalue weighted by atomic mass is 9.84. The van der Waals surface area contributed by atoms with Gasteiger partial charge in [-0.05, 0) is 31.0 Å². The summed E-state index contributed by atoms with van der Waals surface area (Å²) in [7, 11) is 0. The molecule has 2 fully saturated rings. The van der Waals surface area contributed by atoms with E-state index in [9.17, 15) is 0 Å². The highest BCUT2D eigenvalue weighted by molar-refractivity contribution is 5.16. The van der Waals surface area contributed by atoms with Gasteiger partial charge in [0.15, 0.2) is 0 Å². The smallest absolute Gasteiger partial charge is 0.0959 e. The number of hydrogen-bond acceptors (Lipinski definition) is 4. The van der Waals surface area contributed by atoms with Crippen LogP contribution in [-0.4, -0.2) is 41.3 Å². The Kier molecular flexibility index (Phi) is 4.84. The second-order valence-electron chi connectivity index (χ2n) is 7.36. The van der Waals surface area contributed by atoms with Crippen LogP contribution in [0.1, 0.15) is 29.8 Å². The molecule has 2 saturated heterocycles. The Morgan fingerprint density at radius 3 is 2.80 bits per heavy atom. The molecule has 0 aliphatic carbocycles. The first-order chi connectivity index (χ1) is 12.2. The van der Waals surface area contributed by atoms with Gasteiger partial charge in [0.05, 0.1) is 24.0 Å². The van der Waals surface area contributed by atoms with E-state index in [0.717, 1.165) is 50.5 Å². The molecule has 2 aliphatic rings. The van der Waals surface area contributed by atoms with E-state index in [1.807, 2.05) is 25.1 Å². The molecule has 0 amide bonds. The standard InChI is InChI=1S/C21H26N2O2/c1-17-6-5-9-19(22-17)14-24-20-10-11-25-21(12-20)15-23(16-21)13-18-7-3-2-4-8-18/h2-9,20H,10-16H2,1H3/t20-/m1/s1. The van der Waals surface area contributed by atoms with Gasteiger partial charge in [-0.2, -0.15) is 0 Å². The lowest BCUT2D eigenvalue weighted by Crippen LogP contribution is -2.65. The molecule has 4 nitrogen and oxygen atoms in total. The Balaban J connectivity index is 1.27. The molecule has 1 spiro atoms. The Bertz CT molecular complexity index is 698. The highest BCUT2D eigenvalue weighted by Gasteiger charge is 2.47. The summed E-state index contributed by atoms with van der Waals surface area (Å²) >= 11 is 0. The summed E-state index contributed by atoms with van der Waals surface area (Å²) in [4.78, 5) is 6.98. The maximum absolute atomic E-state index is 6.15. The molecule has 0 saturated carbocycles. The van der Waals surface area contributed by atoms with Gasteiger partial charge >= 0.3 is 0 Å². The van der Waals surface area contributed by atoms with Crippen molar-refractivity contribution in [1.82, 2.24) is 9.88 Å². The number of hydrogen-bond donors (Lipinski definition) is 0. The van der Waals surface area contributed by atoms with E-state index in [0.29, 0.717) is 6.61 Å². The summed E-state index contributed by atoms with van der Waals surface area (Å²) in [5.74, 6) is 0. The molecule has 3 heterocycles. The highest BCUT2D eigenvalue weighted by atomic mass is 16.5. The number of likely N-dealkylation sites (tertiary alicyclic amines) is 1. The van der Waals surface area contributed by atoms with Crippen LogP contribution in [0.2, 0.25) is 0 Å². The number of aromatic nitrogens is 1. The second-order valence-corrected chi connectivity index (χ2v) is 7.36. The summed E-state index contributed by atoms with van der Waals surface area (Å²) in [6.45, 7) is 6.42. The van der Waals surface area contributed by atoms with Crippen LogP contribution in [0.5, 0.6) is 0 Å². The SMILES string of the molecule is Cc1cccc(CO[C@@H]2CCOC3(C2)CN(Cc2ccccc2)C3)n1. The molecule has 0 radical (unpaired) electrons. The van der Waals surface area contributed by atoms with Crippen molar-refractivity contribution in [3.05, 3.63) is 65.5 Å². The van der Waals surface area contributed by atoms with Gasteiger partial charge in [-0.25, -0.2) is 0 Å². The summed E-state index contributed by atoms with van der Waals surface area (Å²) in [6.07, 6.45) is 2.24. The largest absolute Gasteiger partial charge is 0.372 e. The van der Waals surface area contributed by atoms with Crippen molar-refractivity contribution in [1.29, 1.82) is 0 Å². The zero-order valence-electron chi connectivity index (χ0n) is 14.9. The van der Waals surface area contributed by atoms with Gasteiger partial charge < -0.3 is 9.47 Å². The quantitative estimate of drug-likeness (QED) is 0.837. The molecule has 2 aromatic rings. The molecule has 0 bridgehead atoms. The molecule has 1 aromatic heterocycles. The van der Waals surface area contributed by atoms with Crippen LogP contribution in [0.25, 0.3) is 0 Å². The van der Waals surface area contributed by atoms with Gasteiger partial charge in [-0.15, -0.1) is 0 Å². The van der Waals surface area contributed by atoms with Crippen LogP contribution in [0.15, 0.2) is 48.5 Å². The zero-order chi connectivity index (χ0) is 17.1. The van der Waals surface area contributed by atoms with Crippen molar-refractivity contribution in [2.75, 3.05) is 19.7 Å². The average Bonchev–Trinajstić information content (AvgIpc) is 2.60. The Morgan fingerprint density at radius 2 is 2.00 bits per heavy atom. The first-order valence-corrected chi connectivity index (χ1v) is 9.15. The molecule has 25 heavy (non-hydrogen) atoms. The second kappa shape index (κ2) is 7.24. The Morgan fingerprint density at radius 1 is 1.16 bits per heavy atom. The number of pyridine rings is 1. The molecular formula is C21H26N2O2. The number of aryl methyl sites for hydroxylation is 1. The lowest BCUT2D eigenvalue weighted by Gasteiger charge is -2.53. The van der Waals surface area contributed by atoms with E-state index >= 15 is 0 Å². The van der Waals surface area contributed by atoms with E-state index in [4.69, 9.17) is 9.47 Å². The van der Waals surface area contributed by atoms with E-state index in [2.05, 4.69) is 40.2 Å².